The van der Waals surface area contributed by atoms with Crippen molar-refractivity contribution in [1.29, 1.82) is 0 Å². The molecular formula is C22H29NO7. The molecule has 164 valence electrons. The quantitative estimate of drug-likeness (QED) is 0.566. The van der Waals surface area contributed by atoms with E-state index in [9.17, 15) is 25.2 Å². The monoisotopic (exact) mass is 419 g/mol. The van der Waals surface area contributed by atoms with Crippen molar-refractivity contribution < 1.29 is 34.7 Å². The lowest BCUT2D eigenvalue weighted by atomic mass is 9.75. The maximum atomic E-state index is 11.3. The van der Waals surface area contributed by atoms with Crippen LogP contribution in [0.1, 0.15) is 37.3 Å². The minimum absolute atomic E-state index is 0.0925. The standard InChI is InChI=1S/C22H29NO7/c1-2-7-23-8-3-4-13-9-14-12(10-15(13)23)5-6-16(24)20(14)30-22-19(26)17(25)11-18(29-22)21(27)28/h5-6,11,13,15,17,19,22,24-26H,2-4,7-10H2,1H3,(H,27,28)/t13-,15-,17+,19-,22+/m1/s1. The number of rotatable bonds is 5. The van der Waals surface area contributed by atoms with Crippen LogP contribution in [0.15, 0.2) is 24.0 Å². The van der Waals surface area contributed by atoms with Crippen LogP contribution in [0.5, 0.6) is 11.5 Å². The molecule has 1 aromatic carbocycles. The molecule has 0 unspecified atom stereocenters. The number of nitrogens with zero attached hydrogens (tertiary/aromatic N) is 1. The summed E-state index contributed by atoms with van der Waals surface area (Å²) in [7, 11) is 0. The molecule has 0 bridgehead atoms. The molecule has 0 radical (unpaired) electrons. The van der Waals surface area contributed by atoms with E-state index >= 15 is 0 Å². The summed E-state index contributed by atoms with van der Waals surface area (Å²) in [5, 5.41) is 39.9. The molecule has 5 atom stereocenters. The number of hydrogen-bond acceptors (Lipinski definition) is 7. The van der Waals surface area contributed by atoms with Gasteiger partial charge in [0.1, 0.15) is 6.10 Å². The third-order valence-corrected chi connectivity index (χ3v) is 6.42. The number of piperidine rings is 1. The van der Waals surface area contributed by atoms with E-state index in [1.54, 1.807) is 6.07 Å². The summed E-state index contributed by atoms with van der Waals surface area (Å²) in [4.78, 5) is 13.8. The molecule has 1 saturated heterocycles. The average molecular weight is 419 g/mol. The van der Waals surface area contributed by atoms with E-state index in [4.69, 9.17) is 9.47 Å². The largest absolute Gasteiger partial charge is 0.504 e. The van der Waals surface area contributed by atoms with E-state index < -0.39 is 30.2 Å². The van der Waals surface area contributed by atoms with Crippen molar-refractivity contribution in [3.05, 3.63) is 35.1 Å². The summed E-state index contributed by atoms with van der Waals surface area (Å²) < 4.78 is 11.0. The fraction of sp³-hybridized carbons (Fsp3) is 0.591. The van der Waals surface area contributed by atoms with Gasteiger partial charge >= 0.3 is 5.97 Å². The van der Waals surface area contributed by atoms with Gasteiger partial charge in [0.05, 0.1) is 0 Å². The Morgan fingerprint density at radius 3 is 2.83 bits per heavy atom. The van der Waals surface area contributed by atoms with Crippen LogP contribution < -0.4 is 4.74 Å². The molecular weight excluding hydrogens is 390 g/mol. The number of carboxylic acids is 1. The number of aromatic hydroxyl groups is 1. The SMILES string of the molecule is CCCN1CCC[C@@H]2Cc3c(ccc(O)c3O[C@@H]3OC(C(=O)O)=C[C@H](O)[C@H]3O)C[C@H]21. The fourth-order valence-corrected chi connectivity index (χ4v) is 4.98. The van der Waals surface area contributed by atoms with Crippen LogP contribution in [0.2, 0.25) is 0 Å². The van der Waals surface area contributed by atoms with Crippen molar-refractivity contribution in [2.75, 3.05) is 13.1 Å². The lowest BCUT2D eigenvalue weighted by Gasteiger charge is -2.45. The van der Waals surface area contributed by atoms with Crippen molar-refractivity contribution in [2.24, 2.45) is 5.92 Å². The number of carbonyl (C=O) groups is 1. The molecule has 3 aliphatic rings. The molecule has 8 heteroatoms. The highest BCUT2D eigenvalue weighted by molar-refractivity contribution is 5.84. The third-order valence-electron chi connectivity index (χ3n) is 6.42. The van der Waals surface area contributed by atoms with Crippen molar-refractivity contribution in [2.45, 2.75) is 63.6 Å². The van der Waals surface area contributed by atoms with Crippen molar-refractivity contribution in [3.8, 4) is 11.5 Å². The maximum absolute atomic E-state index is 11.3. The Hall–Kier alpha value is -2.29. The van der Waals surface area contributed by atoms with Gasteiger partial charge in [0.15, 0.2) is 17.6 Å². The molecule has 8 nitrogen and oxygen atoms in total. The number of phenols is 1. The summed E-state index contributed by atoms with van der Waals surface area (Å²) in [6, 6.07) is 3.92. The van der Waals surface area contributed by atoms with Gasteiger partial charge in [-0.3, -0.25) is 4.90 Å². The number of aliphatic carboxylic acids is 1. The average Bonchev–Trinajstić information content (AvgIpc) is 2.72. The second-order valence-corrected chi connectivity index (χ2v) is 8.39. The minimum Gasteiger partial charge on any atom is -0.504 e. The highest BCUT2D eigenvalue weighted by Gasteiger charge is 2.40. The zero-order chi connectivity index (χ0) is 21.4. The number of carboxylic acid groups (broad SMARTS) is 1. The van der Waals surface area contributed by atoms with Gasteiger partial charge in [0.2, 0.25) is 5.76 Å². The third kappa shape index (κ3) is 3.87. The van der Waals surface area contributed by atoms with Crippen molar-refractivity contribution >= 4 is 5.97 Å². The Kier molecular flexibility index (Phi) is 5.90. The van der Waals surface area contributed by atoms with E-state index in [-0.39, 0.29) is 11.5 Å². The first-order valence-electron chi connectivity index (χ1n) is 10.6. The number of hydrogen-bond donors (Lipinski definition) is 4. The van der Waals surface area contributed by atoms with Crippen LogP contribution in [0.25, 0.3) is 0 Å². The zero-order valence-electron chi connectivity index (χ0n) is 17.0. The number of aliphatic hydroxyl groups is 2. The summed E-state index contributed by atoms with van der Waals surface area (Å²) in [5.74, 6) is -1.31. The van der Waals surface area contributed by atoms with E-state index in [1.165, 1.54) is 0 Å². The topological polar surface area (TPSA) is 120 Å². The van der Waals surface area contributed by atoms with Gasteiger partial charge in [-0.2, -0.15) is 0 Å². The number of benzene rings is 1. The predicted molar refractivity (Wildman–Crippen MR) is 107 cm³/mol. The summed E-state index contributed by atoms with van der Waals surface area (Å²) >= 11 is 0. The summed E-state index contributed by atoms with van der Waals surface area (Å²) in [6.45, 7) is 4.37. The molecule has 30 heavy (non-hydrogen) atoms. The van der Waals surface area contributed by atoms with Crippen LogP contribution in [0.3, 0.4) is 0 Å². The van der Waals surface area contributed by atoms with Crippen LogP contribution >= 0.6 is 0 Å². The first-order valence-corrected chi connectivity index (χ1v) is 10.6. The highest BCUT2D eigenvalue weighted by atomic mass is 16.7. The van der Waals surface area contributed by atoms with Gasteiger partial charge in [0.25, 0.3) is 6.29 Å². The van der Waals surface area contributed by atoms with Gasteiger partial charge < -0.3 is 29.9 Å². The molecule has 0 aromatic heterocycles. The molecule has 4 N–H and O–H groups in total. The molecule has 4 rings (SSSR count). The van der Waals surface area contributed by atoms with Gasteiger partial charge in [-0.05, 0) is 68.8 Å². The Morgan fingerprint density at radius 1 is 1.30 bits per heavy atom. The van der Waals surface area contributed by atoms with E-state index in [1.807, 2.05) is 6.07 Å². The van der Waals surface area contributed by atoms with E-state index in [0.717, 1.165) is 62.4 Å². The van der Waals surface area contributed by atoms with E-state index in [2.05, 4.69) is 11.8 Å². The normalized spacial score (nSPS) is 31.2. The molecule has 0 amide bonds. The molecule has 1 aromatic rings. The predicted octanol–water partition coefficient (Wildman–Crippen LogP) is 1.41. The number of likely N-dealkylation sites (tertiary alicyclic amines) is 1. The van der Waals surface area contributed by atoms with Gasteiger partial charge in [0, 0.05) is 11.6 Å². The van der Waals surface area contributed by atoms with Gasteiger partial charge in [-0.25, -0.2) is 4.79 Å². The molecule has 2 aliphatic heterocycles. The van der Waals surface area contributed by atoms with Crippen LogP contribution in [0, 0.1) is 5.92 Å². The first kappa shape index (κ1) is 21.0. The Morgan fingerprint density at radius 2 is 2.10 bits per heavy atom. The Balaban J connectivity index is 1.61. The first-order chi connectivity index (χ1) is 14.4. The van der Waals surface area contributed by atoms with Crippen LogP contribution in [-0.2, 0) is 22.4 Å². The van der Waals surface area contributed by atoms with Crippen LogP contribution in [0.4, 0.5) is 0 Å². The zero-order valence-corrected chi connectivity index (χ0v) is 17.0. The molecule has 0 saturated carbocycles. The number of phenolic OH excluding ortho intramolecular Hbond substituents is 1. The molecule has 1 aliphatic carbocycles. The molecule has 2 heterocycles. The second kappa shape index (κ2) is 8.45. The fourth-order valence-electron chi connectivity index (χ4n) is 4.98. The molecule has 1 fully saturated rings. The smallest absolute Gasteiger partial charge is 0.371 e. The van der Waals surface area contributed by atoms with E-state index in [0.29, 0.717) is 12.0 Å². The Bertz CT molecular complexity index is 837. The minimum atomic E-state index is -1.48. The lowest BCUT2D eigenvalue weighted by molar-refractivity contribution is -0.173. The van der Waals surface area contributed by atoms with Crippen molar-refractivity contribution in [3.63, 3.8) is 0 Å². The van der Waals surface area contributed by atoms with Crippen LogP contribution in [-0.4, -0.2) is 68.9 Å². The number of aliphatic hydroxyl groups excluding tert-OH is 2. The number of fused-ring (bicyclic) bond motifs is 2. The lowest BCUT2D eigenvalue weighted by Crippen LogP contribution is -2.49. The maximum Gasteiger partial charge on any atom is 0.371 e. The molecule has 0 spiro atoms. The summed E-state index contributed by atoms with van der Waals surface area (Å²) in [5.41, 5.74) is 1.94. The Labute approximate surface area is 175 Å². The summed E-state index contributed by atoms with van der Waals surface area (Å²) in [6.07, 6.45) is 1.51. The van der Waals surface area contributed by atoms with Crippen molar-refractivity contribution in [1.82, 2.24) is 4.90 Å². The van der Waals surface area contributed by atoms with Gasteiger partial charge in [-0.1, -0.05) is 13.0 Å². The highest BCUT2D eigenvalue weighted by Crippen LogP contribution is 2.43. The second-order valence-electron chi connectivity index (χ2n) is 8.39. The number of ether oxygens (including phenoxy) is 2. The van der Waals surface area contributed by atoms with Gasteiger partial charge in [-0.15, -0.1) is 0 Å².